The molecule has 1 aliphatic rings. The number of amides is 1. The molecule has 0 unspecified atom stereocenters. The van der Waals surface area contributed by atoms with E-state index >= 15 is 0 Å². The van der Waals surface area contributed by atoms with Crippen molar-refractivity contribution in [1.82, 2.24) is 15.2 Å². The Morgan fingerprint density at radius 2 is 2.42 bits per heavy atom. The van der Waals surface area contributed by atoms with Crippen LogP contribution in [0.4, 0.5) is 4.39 Å². The Labute approximate surface area is 147 Å². The van der Waals surface area contributed by atoms with Gasteiger partial charge in [0.15, 0.2) is 0 Å². The number of carbonyl (C=O) groups excluding carboxylic acids is 1. The Balaban J connectivity index is 1.60. The minimum Gasteiger partial charge on any atom is -0.350 e. The average molecular weight is 364 g/mol. The fourth-order valence-electron chi connectivity index (χ4n) is 2.88. The standard InChI is InChI=1S/C16H17FN4OS2/c1-10-20-13(9-24-10)8-21-7-12(17)4-14(21)6-19-16(22)15-11(5-18)2-3-23-15/h2-3,9,12,14H,4,6-8H2,1H3,(H,19,22)/t12-,14-/m0/s1. The van der Waals surface area contributed by atoms with Gasteiger partial charge in [0.05, 0.1) is 16.3 Å². The second-order valence-electron chi connectivity index (χ2n) is 5.76. The number of carbonyl (C=O) groups is 1. The van der Waals surface area contributed by atoms with Gasteiger partial charge in [0, 0.05) is 31.1 Å². The average Bonchev–Trinajstić information content (AvgIpc) is 3.25. The maximum Gasteiger partial charge on any atom is 0.262 e. The number of likely N-dealkylation sites (tertiary alicyclic amines) is 1. The molecule has 1 amide bonds. The Kier molecular flexibility index (Phi) is 5.23. The van der Waals surface area contributed by atoms with E-state index in [2.05, 4.69) is 10.3 Å². The number of hydrogen-bond donors (Lipinski definition) is 1. The molecule has 1 saturated heterocycles. The predicted molar refractivity (Wildman–Crippen MR) is 91.9 cm³/mol. The largest absolute Gasteiger partial charge is 0.350 e. The Hall–Kier alpha value is -1.82. The molecular weight excluding hydrogens is 347 g/mol. The summed E-state index contributed by atoms with van der Waals surface area (Å²) >= 11 is 2.82. The molecule has 1 aliphatic heterocycles. The molecule has 0 spiro atoms. The summed E-state index contributed by atoms with van der Waals surface area (Å²) in [6, 6.07) is 3.58. The van der Waals surface area contributed by atoms with E-state index in [0.29, 0.717) is 36.5 Å². The number of thiophene rings is 1. The molecule has 126 valence electrons. The van der Waals surface area contributed by atoms with Crippen LogP contribution in [-0.2, 0) is 6.54 Å². The van der Waals surface area contributed by atoms with Crippen LogP contribution in [0.3, 0.4) is 0 Å². The van der Waals surface area contributed by atoms with E-state index in [1.54, 1.807) is 22.8 Å². The number of nitrogens with one attached hydrogen (secondary N) is 1. The Morgan fingerprint density at radius 3 is 3.12 bits per heavy atom. The number of hydrogen-bond acceptors (Lipinski definition) is 6. The number of aryl methyl sites for hydroxylation is 1. The van der Waals surface area contributed by atoms with Crippen molar-refractivity contribution in [2.75, 3.05) is 13.1 Å². The zero-order chi connectivity index (χ0) is 17.1. The second kappa shape index (κ2) is 7.38. The van der Waals surface area contributed by atoms with Gasteiger partial charge in [0.2, 0.25) is 0 Å². The van der Waals surface area contributed by atoms with Crippen molar-refractivity contribution in [1.29, 1.82) is 5.26 Å². The number of nitriles is 1. The van der Waals surface area contributed by atoms with Crippen molar-refractivity contribution in [3.8, 4) is 6.07 Å². The summed E-state index contributed by atoms with van der Waals surface area (Å²) in [6.07, 6.45) is -0.484. The molecule has 0 radical (unpaired) electrons. The maximum absolute atomic E-state index is 13.8. The molecule has 3 rings (SSSR count). The van der Waals surface area contributed by atoms with E-state index in [9.17, 15) is 9.18 Å². The van der Waals surface area contributed by atoms with Crippen molar-refractivity contribution >= 4 is 28.6 Å². The first-order valence-electron chi connectivity index (χ1n) is 7.61. The van der Waals surface area contributed by atoms with Crippen LogP contribution in [0.25, 0.3) is 0 Å². The quantitative estimate of drug-likeness (QED) is 0.886. The van der Waals surface area contributed by atoms with Gasteiger partial charge in [-0.15, -0.1) is 22.7 Å². The lowest BCUT2D eigenvalue weighted by Gasteiger charge is -2.23. The fourth-order valence-corrected chi connectivity index (χ4v) is 4.25. The van der Waals surface area contributed by atoms with Gasteiger partial charge in [0.25, 0.3) is 5.91 Å². The van der Waals surface area contributed by atoms with Gasteiger partial charge < -0.3 is 5.32 Å². The van der Waals surface area contributed by atoms with Crippen LogP contribution in [0.2, 0.25) is 0 Å². The van der Waals surface area contributed by atoms with Crippen molar-refractivity contribution < 1.29 is 9.18 Å². The van der Waals surface area contributed by atoms with Gasteiger partial charge in [-0.1, -0.05) is 0 Å². The lowest BCUT2D eigenvalue weighted by molar-refractivity contribution is 0.0943. The third kappa shape index (κ3) is 3.80. The molecule has 24 heavy (non-hydrogen) atoms. The first kappa shape index (κ1) is 17.0. The monoisotopic (exact) mass is 364 g/mol. The first-order chi connectivity index (χ1) is 11.6. The van der Waals surface area contributed by atoms with Crippen LogP contribution >= 0.6 is 22.7 Å². The molecule has 8 heteroatoms. The van der Waals surface area contributed by atoms with Gasteiger partial charge in [-0.05, 0) is 24.8 Å². The Bertz CT molecular complexity index is 766. The van der Waals surface area contributed by atoms with Crippen LogP contribution in [0, 0.1) is 18.3 Å². The highest BCUT2D eigenvalue weighted by Gasteiger charge is 2.32. The minimum absolute atomic E-state index is 0.0588. The molecule has 1 fully saturated rings. The smallest absolute Gasteiger partial charge is 0.262 e. The molecule has 5 nitrogen and oxygen atoms in total. The highest BCUT2D eigenvalue weighted by atomic mass is 32.1. The van der Waals surface area contributed by atoms with Gasteiger partial charge >= 0.3 is 0 Å². The topological polar surface area (TPSA) is 69.0 Å². The third-order valence-corrected chi connectivity index (χ3v) is 5.73. The fraction of sp³-hybridized carbons (Fsp3) is 0.438. The zero-order valence-electron chi connectivity index (χ0n) is 13.2. The van der Waals surface area contributed by atoms with E-state index < -0.39 is 6.17 Å². The number of rotatable bonds is 5. The van der Waals surface area contributed by atoms with Gasteiger partial charge in [-0.3, -0.25) is 9.69 Å². The summed E-state index contributed by atoms with van der Waals surface area (Å²) in [5.41, 5.74) is 1.31. The molecule has 2 atom stereocenters. The zero-order valence-corrected chi connectivity index (χ0v) is 14.8. The van der Waals surface area contributed by atoms with Crippen LogP contribution in [0.15, 0.2) is 16.8 Å². The molecule has 2 aromatic rings. The molecule has 3 heterocycles. The maximum atomic E-state index is 13.8. The molecule has 0 aliphatic carbocycles. The summed E-state index contributed by atoms with van der Waals surface area (Å²) in [4.78, 5) is 19.1. The summed E-state index contributed by atoms with van der Waals surface area (Å²) in [5.74, 6) is -0.270. The third-order valence-electron chi connectivity index (χ3n) is 4.00. The lowest BCUT2D eigenvalue weighted by atomic mass is 10.2. The number of alkyl halides is 1. The van der Waals surface area contributed by atoms with E-state index in [1.165, 1.54) is 11.3 Å². The van der Waals surface area contributed by atoms with Gasteiger partial charge in [-0.2, -0.15) is 5.26 Å². The van der Waals surface area contributed by atoms with E-state index in [-0.39, 0.29) is 11.9 Å². The Morgan fingerprint density at radius 1 is 1.58 bits per heavy atom. The number of halogens is 1. The van der Waals surface area contributed by atoms with Crippen molar-refractivity contribution in [3.05, 3.63) is 38.0 Å². The number of aromatic nitrogens is 1. The summed E-state index contributed by atoms with van der Waals surface area (Å²) in [6.45, 7) is 3.26. The minimum atomic E-state index is -0.886. The molecule has 0 aromatic carbocycles. The van der Waals surface area contributed by atoms with E-state index in [4.69, 9.17) is 5.26 Å². The summed E-state index contributed by atoms with van der Waals surface area (Å²) in [7, 11) is 0. The van der Waals surface area contributed by atoms with Crippen LogP contribution in [0.5, 0.6) is 0 Å². The van der Waals surface area contributed by atoms with Crippen molar-refractivity contribution in [2.24, 2.45) is 0 Å². The highest BCUT2D eigenvalue weighted by molar-refractivity contribution is 7.12. The normalized spacial score (nSPS) is 20.9. The molecule has 2 aromatic heterocycles. The van der Waals surface area contributed by atoms with Crippen LogP contribution in [-0.4, -0.2) is 41.1 Å². The van der Waals surface area contributed by atoms with Crippen LogP contribution < -0.4 is 5.32 Å². The summed E-state index contributed by atoms with van der Waals surface area (Å²) < 4.78 is 13.8. The molecule has 0 saturated carbocycles. The number of nitrogens with zero attached hydrogens (tertiary/aromatic N) is 3. The molecule has 1 N–H and O–H groups in total. The van der Waals surface area contributed by atoms with Gasteiger partial charge in [0.1, 0.15) is 17.1 Å². The van der Waals surface area contributed by atoms with Crippen molar-refractivity contribution in [3.63, 3.8) is 0 Å². The van der Waals surface area contributed by atoms with Gasteiger partial charge in [-0.25, -0.2) is 9.37 Å². The van der Waals surface area contributed by atoms with E-state index in [1.807, 2.05) is 23.3 Å². The van der Waals surface area contributed by atoms with Crippen LogP contribution in [0.1, 0.15) is 32.4 Å². The SMILES string of the molecule is Cc1nc(CN2C[C@@H](F)C[C@H]2CNC(=O)c2sccc2C#N)cs1. The predicted octanol–water partition coefficient (Wildman–Crippen LogP) is 2.73. The van der Waals surface area contributed by atoms with E-state index in [0.717, 1.165) is 10.7 Å². The summed E-state index contributed by atoms with van der Waals surface area (Å²) in [5, 5.41) is 16.5. The lowest BCUT2D eigenvalue weighted by Crippen LogP contribution is -2.39. The number of thiazole rings is 1. The van der Waals surface area contributed by atoms with Crippen molar-refractivity contribution in [2.45, 2.75) is 32.1 Å². The highest BCUT2D eigenvalue weighted by Crippen LogP contribution is 2.23. The molecule has 0 bridgehead atoms. The first-order valence-corrected chi connectivity index (χ1v) is 9.37. The molecular formula is C16H17FN4OS2. The second-order valence-corrected chi connectivity index (χ2v) is 7.74.